The number of halogens is 1. The number of imide groups is 1. The second kappa shape index (κ2) is 4.63. The first-order chi connectivity index (χ1) is 8.72. The second-order valence-electron chi connectivity index (χ2n) is 5.49. The molecule has 1 aliphatic rings. The maximum absolute atomic E-state index is 12.1. The standard InChI is InChI=1S/C14H17BrN2O2/c1-8-5-10(6-9(2)11(8)15)7-17-12(18)14(3,4)16-13(17)19/h5-6H,7H2,1-4H3,(H,16,19). The Balaban J connectivity index is 2.28. The van der Waals surface area contributed by atoms with Crippen molar-refractivity contribution in [3.63, 3.8) is 0 Å². The molecule has 1 saturated heterocycles. The molecule has 1 fully saturated rings. The molecule has 0 bridgehead atoms. The van der Waals surface area contributed by atoms with Crippen LogP contribution in [0.3, 0.4) is 0 Å². The van der Waals surface area contributed by atoms with Gasteiger partial charge in [-0.15, -0.1) is 0 Å². The van der Waals surface area contributed by atoms with E-state index in [4.69, 9.17) is 0 Å². The number of carbonyl (C=O) groups excluding carboxylic acids is 2. The van der Waals surface area contributed by atoms with Gasteiger partial charge in [-0.25, -0.2) is 4.79 Å². The number of rotatable bonds is 2. The summed E-state index contributed by atoms with van der Waals surface area (Å²) >= 11 is 3.51. The molecule has 2 rings (SSSR count). The molecular formula is C14H17BrN2O2. The predicted molar refractivity (Wildman–Crippen MR) is 76.8 cm³/mol. The van der Waals surface area contributed by atoms with Crippen molar-refractivity contribution in [1.29, 1.82) is 0 Å². The molecule has 19 heavy (non-hydrogen) atoms. The molecule has 4 nitrogen and oxygen atoms in total. The zero-order chi connectivity index (χ0) is 14.4. The van der Waals surface area contributed by atoms with Gasteiger partial charge < -0.3 is 5.32 Å². The van der Waals surface area contributed by atoms with Crippen molar-refractivity contribution in [3.8, 4) is 0 Å². The number of hydrogen-bond donors (Lipinski definition) is 1. The molecule has 0 spiro atoms. The van der Waals surface area contributed by atoms with Gasteiger partial charge in [0.25, 0.3) is 5.91 Å². The van der Waals surface area contributed by atoms with E-state index in [1.54, 1.807) is 13.8 Å². The summed E-state index contributed by atoms with van der Waals surface area (Å²) in [4.78, 5) is 25.2. The van der Waals surface area contributed by atoms with Crippen LogP contribution in [-0.2, 0) is 11.3 Å². The molecule has 1 N–H and O–H groups in total. The quantitative estimate of drug-likeness (QED) is 0.850. The van der Waals surface area contributed by atoms with Crippen LogP contribution in [0.4, 0.5) is 4.79 Å². The van der Waals surface area contributed by atoms with E-state index in [1.165, 1.54) is 4.90 Å². The van der Waals surface area contributed by atoms with E-state index in [0.29, 0.717) is 6.54 Å². The first-order valence-electron chi connectivity index (χ1n) is 6.12. The van der Waals surface area contributed by atoms with E-state index in [2.05, 4.69) is 21.2 Å². The molecule has 0 unspecified atom stereocenters. The minimum atomic E-state index is -0.809. The van der Waals surface area contributed by atoms with E-state index in [0.717, 1.165) is 21.2 Å². The summed E-state index contributed by atoms with van der Waals surface area (Å²) < 4.78 is 1.06. The number of benzene rings is 1. The number of urea groups is 1. The molecule has 0 atom stereocenters. The zero-order valence-electron chi connectivity index (χ0n) is 11.5. The highest BCUT2D eigenvalue weighted by Crippen LogP contribution is 2.25. The summed E-state index contributed by atoms with van der Waals surface area (Å²) in [5.74, 6) is -0.185. The van der Waals surface area contributed by atoms with Gasteiger partial charge >= 0.3 is 6.03 Å². The molecule has 3 amide bonds. The SMILES string of the molecule is Cc1cc(CN2C(=O)NC(C)(C)C2=O)cc(C)c1Br. The summed E-state index contributed by atoms with van der Waals surface area (Å²) in [5.41, 5.74) is 2.35. The van der Waals surface area contributed by atoms with E-state index < -0.39 is 5.54 Å². The first kappa shape index (κ1) is 14.1. The van der Waals surface area contributed by atoms with Crippen molar-refractivity contribution >= 4 is 27.9 Å². The van der Waals surface area contributed by atoms with Crippen LogP contribution < -0.4 is 5.32 Å². The third-order valence-electron chi connectivity index (χ3n) is 3.28. The smallest absolute Gasteiger partial charge is 0.324 e. The topological polar surface area (TPSA) is 49.4 Å². The molecule has 0 aliphatic carbocycles. The van der Waals surface area contributed by atoms with Gasteiger partial charge in [-0.3, -0.25) is 9.69 Å². The van der Waals surface area contributed by atoms with Crippen LogP contribution in [0.1, 0.15) is 30.5 Å². The number of hydrogen-bond acceptors (Lipinski definition) is 2. The van der Waals surface area contributed by atoms with Crippen molar-refractivity contribution in [2.24, 2.45) is 0 Å². The number of nitrogens with zero attached hydrogens (tertiary/aromatic N) is 1. The Hall–Kier alpha value is -1.36. The molecule has 0 radical (unpaired) electrons. The van der Waals surface area contributed by atoms with Gasteiger partial charge in [0.15, 0.2) is 0 Å². The van der Waals surface area contributed by atoms with Crippen LogP contribution >= 0.6 is 15.9 Å². The number of carbonyl (C=O) groups is 2. The molecular weight excluding hydrogens is 308 g/mol. The Morgan fingerprint density at radius 3 is 2.16 bits per heavy atom. The molecule has 102 valence electrons. The van der Waals surface area contributed by atoms with Crippen molar-refractivity contribution in [2.45, 2.75) is 39.8 Å². The van der Waals surface area contributed by atoms with Crippen LogP contribution in [0.25, 0.3) is 0 Å². The minimum absolute atomic E-state index is 0.185. The van der Waals surface area contributed by atoms with E-state index in [9.17, 15) is 9.59 Å². The summed E-state index contributed by atoms with van der Waals surface area (Å²) in [7, 11) is 0. The highest BCUT2D eigenvalue weighted by molar-refractivity contribution is 9.10. The molecule has 1 aromatic rings. The molecule has 1 aromatic carbocycles. The lowest BCUT2D eigenvalue weighted by molar-refractivity contribution is -0.130. The van der Waals surface area contributed by atoms with Crippen LogP contribution in [0.5, 0.6) is 0 Å². The predicted octanol–water partition coefficient (Wildman–Crippen LogP) is 2.90. The number of nitrogens with one attached hydrogen (secondary N) is 1. The largest absolute Gasteiger partial charge is 0.325 e. The van der Waals surface area contributed by atoms with Gasteiger partial charge in [0, 0.05) is 4.47 Å². The fraction of sp³-hybridized carbons (Fsp3) is 0.429. The summed E-state index contributed by atoms with van der Waals surface area (Å²) in [5, 5.41) is 2.68. The van der Waals surface area contributed by atoms with Gasteiger partial charge in [-0.2, -0.15) is 0 Å². The van der Waals surface area contributed by atoms with Gasteiger partial charge in [0.1, 0.15) is 5.54 Å². The van der Waals surface area contributed by atoms with Crippen molar-refractivity contribution in [3.05, 3.63) is 33.3 Å². The molecule has 1 heterocycles. The normalized spacial score (nSPS) is 17.8. The Morgan fingerprint density at radius 2 is 1.74 bits per heavy atom. The molecule has 0 aromatic heterocycles. The highest BCUT2D eigenvalue weighted by Gasteiger charge is 2.44. The fourth-order valence-electron chi connectivity index (χ4n) is 2.27. The van der Waals surface area contributed by atoms with Gasteiger partial charge in [-0.1, -0.05) is 28.1 Å². The molecule has 1 aliphatic heterocycles. The zero-order valence-corrected chi connectivity index (χ0v) is 13.1. The van der Waals surface area contributed by atoms with E-state index in [-0.39, 0.29) is 11.9 Å². The van der Waals surface area contributed by atoms with Crippen LogP contribution in [0.15, 0.2) is 16.6 Å². The highest BCUT2D eigenvalue weighted by atomic mass is 79.9. The second-order valence-corrected chi connectivity index (χ2v) is 6.28. The van der Waals surface area contributed by atoms with Gasteiger partial charge in [-0.05, 0) is 44.4 Å². The molecule has 0 saturated carbocycles. The van der Waals surface area contributed by atoms with E-state index in [1.807, 2.05) is 26.0 Å². The average molecular weight is 325 g/mol. The van der Waals surface area contributed by atoms with Gasteiger partial charge in [0.05, 0.1) is 6.54 Å². The summed E-state index contributed by atoms with van der Waals surface area (Å²) in [6, 6.07) is 3.65. The first-order valence-corrected chi connectivity index (χ1v) is 6.91. The van der Waals surface area contributed by atoms with Crippen LogP contribution in [0.2, 0.25) is 0 Å². The number of amides is 3. The number of aryl methyl sites for hydroxylation is 2. The van der Waals surface area contributed by atoms with Crippen molar-refractivity contribution in [2.75, 3.05) is 0 Å². The average Bonchev–Trinajstić information content (AvgIpc) is 2.48. The minimum Gasteiger partial charge on any atom is -0.324 e. The van der Waals surface area contributed by atoms with Crippen molar-refractivity contribution < 1.29 is 9.59 Å². The summed E-state index contributed by atoms with van der Waals surface area (Å²) in [6.07, 6.45) is 0. The van der Waals surface area contributed by atoms with Crippen LogP contribution in [-0.4, -0.2) is 22.4 Å². The van der Waals surface area contributed by atoms with E-state index >= 15 is 0 Å². The maximum atomic E-state index is 12.1. The Kier molecular flexibility index (Phi) is 3.43. The van der Waals surface area contributed by atoms with Gasteiger partial charge in [0.2, 0.25) is 0 Å². The third kappa shape index (κ3) is 2.52. The maximum Gasteiger partial charge on any atom is 0.325 e. The van der Waals surface area contributed by atoms with Crippen LogP contribution in [0, 0.1) is 13.8 Å². The summed E-state index contributed by atoms with van der Waals surface area (Å²) in [6.45, 7) is 7.73. The lowest BCUT2D eigenvalue weighted by Gasteiger charge is -2.17. The third-order valence-corrected chi connectivity index (χ3v) is 4.53. The lowest BCUT2D eigenvalue weighted by atomic mass is 10.1. The van der Waals surface area contributed by atoms with Crippen molar-refractivity contribution in [1.82, 2.24) is 10.2 Å². The molecule has 5 heteroatoms. The monoisotopic (exact) mass is 324 g/mol. The Labute approximate surface area is 121 Å². The Bertz CT molecular complexity index is 544. The lowest BCUT2D eigenvalue weighted by Crippen LogP contribution is -2.40. The Morgan fingerprint density at radius 1 is 1.21 bits per heavy atom. The fourth-order valence-corrected chi connectivity index (χ4v) is 2.50.